The molecule has 0 fully saturated rings. The first kappa shape index (κ1) is 13.9. The fourth-order valence-electron chi connectivity index (χ4n) is 1.84. The third-order valence-corrected chi connectivity index (χ3v) is 2.94. The molecule has 9 heteroatoms. The van der Waals surface area contributed by atoms with Crippen LogP contribution in [0.25, 0.3) is 11.5 Å². The highest BCUT2D eigenvalue weighted by Crippen LogP contribution is 2.18. The van der Waals surface area contributed by atoms with Crippen LogP contribution < -0.4 is 0 Å². The first-order valence-corrected chi connectivity index (χ1v) is 6.37. The number of hydrogen-bond donors (Lipinski definition) is 0. The number of aromatic nitrogens is 4. The van der Waals surface area contributed by atoms with Crippen LogP contribution in [0.5, 0.6) is 0 Å². The molecule has 0 atom stereocenters. The van der Waals surface area contributed by atoms with E-state index >= 15 is 0 Å². The number of nitro groups is 1. The van der Waals surface area contributed by atoms with Crippen molar-refractivity contribution in [3.05, 3.63) is 58.5 Å². The van der Waals surface area contributed by atoms with Crippen LogP contribution in [0, 0.1) is 15.9 Å². The second-order valence-electron chi connectivity index (χ2n) is 4.48. The molecule has 0 aliphatic rings. The van der Waals surface area contributed by atoms with Crippen molar-refractivity contribution < 1.29 is 13.7 Å². The fourth-order valence-corrected chi connectivity index (χ4v) is 1.84. The van der Waals surface area contributed by atoms with Gasteiger partial charge in [-0.1, -0.05) is 0 Å². The summed E-state index contributed by atoms with van der Waals surface area (Å²) >= 11 is 0. The molecule has 8 nitrogen and oxygen atoms in total. The van der Waals surface area contributed by atoms with E-state index in [0.717, 1.165) is 0 Å². The van der Waals surface area contributed by atoms with Gasteiger partial charge in [0, 0.05) is 18.5 Å². The van der Waals surface area contributed by atoms with Crippen molar-refractivity contribution in [3.8, 4) is 11.5 Å². The summed E-state index contributed by atoms with van der Waals surface area (Å²) in [5.41, 5.74) is 0.549. The van der Waals surface area contributed by atoms with Crippen molar-refractivity contribution in [1.29, 1.82) is 0 Å². The molecule has 3 aromatic rings. The molecular weight excluding hydrogens is 293 g/mol. The predicted molar refractivity (Wildman–Crippen MR) is 72.3 cm³/mol. The Kier molecular flexibility index (Phi) is 3.60. The number of hydrogen-bond acceptors (Lipinski definition) is 6. The molecule has 0 unspecified atom stereocenters. The minimum absolute atomic E-state index is 0.0717. The first-order valence-electron chi connectivity index (χ1n) is 6.37. The zero-order chi connectivity index (χ0) is 15.5. The van der Waals surface area contributed by atoms with Gasteiger partial charge in [-0.2, -0.15) is 5.10 Å². The Bertz CT molecular complexity index is 796. The van der Waals surface area contributed by atoms with Gasteiger partial charge in [-0.3, -0.25) is 14.8 Å². The van der Waals surface area contributed by atoms with E-state index in [0.29, 0.717) is 30.3 Å². The van der Waals surface area contributed by atoms with Crippen molar-refractivity contribution in [3.63, 3.8) is 0 Å². The number of benzene rings is 1. The highest BCUT2D eigenvalue weighted by molar-refractivity contribution is 5.51. The Hall–Kier alpha value is -3.10. The van der Waals surface area contributed by atoms with E-state index in [1.54, 1.807) is 12.1 Å². The number of nitrogens with zero attached hydrogens (tertiary/aromatic N) is 5. The molecule has 0 saturated heterocycles. The highest BCUT2D eigenvalue weighted by Gasteiger charge is 2.11. The molecule has 22 heavy (non-hydrogen) atoms. The Morgan fingerprint density at radius 3 is 2.73 bits per heavy atom. The van der Waals surface area contributed by atoms with Crippen LogP contribution in [0.15, 0.2) is 41.1 Å². The maximum atomic E-state index is 12.9. The van der Waals surface area contributed by atoms with E-state index in [4.69, 9.17) is 4.42 Å². The van der Waals surface area contributed by atoms with Crippen molar-refractivity contribution in [2.45, 2.75) is 13.0 Å². The number of rotatable bonds is 5. The zero-order valence-corrected chi connectivity index (χ0v) is 11.2. The lowest BCUT2D eigenvalue weighted by molar-refractivity contribution is -0.385. The second-order valence-corrected chi connectivity index (χ2v) is 4.48. The van der Waals surface area contributed by atoms with E-state index in [-0.39, 0.29) is 11.5 Å². The van der Waals surface area contributed by atoms with Gasteiger partial charge in [-0.25, -0.2) is 4.39 Å². The van der Waals surface area contributed by atoms with Crippen LogP contribution >= 0.6 is 0 Å². The SMILES string of the molecule is O=[N+]([O-])c1cnn(CCc2nnc(-c3ccc(F)cc3)o2)c1. The lowest BCUT2D eigenvalue weighted by Crippen LogP contribution is -2.01. The van der Waals surface area contributed by atoms with Crippen molar-refractivity contribution >= 4 is 5.69 Å². The smallest absolute Gasteiger partial charge is 0.306 e. The molecule has 1 aromatic carbocycles. The average Bonchev–Trinajstić information content (AvgIpc) is 3.15. The molecule has 0 aliphatic heterocycles. The van der Waals surface area contributed by atoms with Crippen LogP contribution in [0.2, 0.25) is 0 Å². The van der Waals surface area contributed by atoms with E-state index in [1.807, 2.05) is 0 Å². The van der Waals surface area contributed by atoms with E-state index in [9.17, 15) is 14.5 Å². The van der Waals surface area contributed by atoms with Crippen LogP contribution in [-0.2, 0) is 13.0 Å². The highest BCUT2D eigenvalue weighted by atomic mass is 19.1. The topological polar surface area (TPSA) is 99.9 Å². The molecule has 3 rings (SSSR count). The molecule has 0 radical (unpaired) electrons. The Labute approximate surface area is 123 Å². The van der Waals surface area contributed by atoms with Gasteiger partial charge in [-0.05, 0) is 24.3 Å². The van der Waals surface area contributed by atoms with Crippen LogP contribution in [0.4, 0.5) is 10.1 Å². The minimum Gasteiger partial charge on any atom is -0.421 e. The lowest BCUT2D eigenvalue weighted by atomic mass is 10.2. The number of halogens is 1. The third kappa shape index (κ3) is 2.97. The Balaban J connectivity index is 1.66. The zero-order valence-electron chi connectivity index (χ0n) is 11.2. The fraction of sp³-hybridized carbons (Fsp3) is 0.154. The molecule has 0 amide bonds. The lowest BCUT2D eigenvalue weighted by Gasteiger charge is -1.96. The minimum atomic E-state index is -0.511. The molecule has 0 aliphatic carbocycles. The van der Waals surface area contributed by atoms with Crippen molar-refractivity contribution in [2.24, 2.45) is 0 Å². The summed E-state index contributed by atoms with van der Waals surface area (Å²) in [6, 6.07) is 5.71. The quantitative estimate of drug-likeness (QED) is 0.529. The van der Waals surface area contributed by atoms with Gasteiger partial charge in [0.25, 0.3) is 0 Å². The summed E-state index contributed by atoms with van der Waals surface area (Å²) in [6.45, 7) is 0.374. The Morgan fingerprint density at radius 1 is 1.27 bits per heavy atom. The summed E-state index contributed by atoms with van der Waals surface area (Å²) in [4.78, 5) is 10.0. The van der Waals surface area contributed by atoms with Gasteiger partial charge >= 0.3 is 5.69 Å². The van der Waals surface area contributed by atoms with Crippen LogP contribution in [0.1, 0.15) is 5.89 Å². The van der Waals surface area contributed by atoms with Crippen molar-refractivity contribution in [2.75, 3.05) is 0 Å². The Morgan fingerprint density at radius 2 is 2.05 bits per heavy atom. The van der Waals surface area contributed by atoms with E-state index in [2.05, 4.69) is 15.3 Å². The van der Waals surface area contributed by atoms with Crippen LogP contribution in [-0.4, -0.2) is 24.9 Å². The number of aryl methyl sites for hydroxylation is 2. The predicted octanol–water partition coefficient (Wildman–Crippen LogP) is 2.22. The van der Waals surface area contributed by atoms with Gasteiger partial charge in [0.05, 0.1) is 4.92 Å². The van der Waals surface area contributed by atoms with Gasteiger partial charge in [-0.15, -0.1) is 10.2 Å². The van der Waals surface area contributed by atoms with Gasteiger partial charge in [0.1, 0.15) is 18.2 Å². The molecule has 2 heterocycles. The van der Waals surface area contributed by atoms with Crippen LogP contribution in [0.3, 0.4) is 0 Å². The van der Waals surface area contributed by atoms with E-state index < -0.39 is 4.92 Å². The molecule has 112 valence electrons. The first-order chi connectivity index (χ1) is 10.6. The summed E-state index contributed by atoms with van der Waals surface area (Å²) in [6.07, 6.45) is 2.89. The molecule has 2 aromatic heterocycles. The monoisotopic (exact) mass is 303 g/mol. The third-order valence-electron chi connectivity index (χ3n) is 2.94. The normalized spacial score (nSPS) is 10.8. The second kappa shape index (κ2) is 5.72. The molecule has 0 spiro atoms. The maximum absolute atomic E-state index is 12.9. The summed E-state index contributed by atoms with van der Waals surface area (Å²) < 4.78 is 19.7. The van der Waals surface area contributed by atoms with Crippen molar-refractivity contribution in [1.82, 2.24) is 20.0 Å². The van der Waals surface area contributed by atoms with Gasteiger partial charge in [0.15, 0.2) is 0 Å². The standard InChI is InChI=1S/C13H10FN5O3/c14-10-3-1-9(2-4-10)13-17-16-12(22-13)5-6-18-8-11(7-15-18)19(20)21/h1-4,7-8H,5-6H2. The molecule has 0 saturated carbocycles. The van der Waals surface area contributed by atoms with E-state index in [1.165, 1.54) is 29.2 Å². The summed E-state index contributed by atoms with van der Waals surface area (Å²) in [5, 5.41) is 22.2. The molecule has 0 N–H and O–H groups in total. The summed E-state index contributed by atoms with van der Waals surface area (Å²) in [5.74, 6) is 0.322. The maximum Gasteiger partial charge on any atom is 0.306 e. The largest absolute Gasteiger partial charge is 0.421 e. The summed E-state index contributed by atoms with van der Waals surface area (Å²) in [7, 11) is 0. The molecule has 0 bridgehead atoms. The van der Waals surface area contributed by atoms with Gasteiger partial charge < -0.3 is 4.42 Å². The van der Waals surface area contributed by atoms with Gasteiger partial charge in [0.2, 0.25) is 11.8 Å². The average molecular weight is 303 g/mol. The molecular formula is C13H10FN5O3.